The number of nitrogens with zero attached hydrogens (tertiary/aromatic N) is 3. The fraction of sp³-hybridized carbons (Fsp3) is 0.312. The molecule has 0 unspecified atom stereocenters. The molecule has 1 saturated heterocycles. The molecule has 2 heterocycles. The molecule has 0 aliphatic carbocycles. The van der Waals surface area contributed by atoms with Crippen molar-refractivity contribution >= 4 is 11.7 Å². The van der Waals surface area contributed by atoms with Crippen molar-refractivity contribution in [3.05, 3.63) is 48.2 Å². The quantitative estimate of drug-likeness (QED) is 0.937. The van der Waals surface area contributed by atoms with Gasteiger partial charge in [-0.25, -0.2) is 13.6 Å². The highest BCUT2D eigenvalue weighted by Crippen LogP contribution is 2.21. The maximum Gasteiger partial charge on any atom is 0.322 e. The fourth-order valence-corrected chi connectivity index (χ4v) is 2.50. The molecule has 0 bridgehead atoms. The number of rotatable bonds is 3. The molecule has 1 fully saturated rings. The minimum atomic E-state index is -0.802. The van der Waals surface area contributed by atoms with E-state index in [4.69, 9.17) is 4.74 Å². The summed E-state index contributed by atoms with van der Waals surface area (Å²) in [6, 6.07) is 6.35. The zero-order chi connectivity index (χ0) is 16.9. The fourth-order valence-electron chi connectivity index (χ4n) is 2.50. The molecule has 24 heavy (non-hydrogen) atoms. The molecule has 0 atom stereocenters. The van der Waals surface area contributed by atoms with Gasteiger partial charge >= 0.3 is 6.03 Å². The van der Waals surface area contributed by atoms with E-state index in [0.29, 0.717) is 31.8 Å². The van der Waals surface area contributed by atoms with Crippen molar-refractivity contribution in [1.29, 1.82) is 0 Å². The molecule has 1 aromatic carbocycles. The lowest BCUT2D eigenvalue weighted by Crippen LogP contribution is -2.44. The number of urea groups is 1. The summed E-state index contributed by atoms with van der Waals surface area (Å²) < 4.78 is 32.8. The second-order valence-corrected chi connectivity index (χ2v) is 5.39. The number of nitrogens with one attached hydrogen (secondary N) is 1. The Balaban J connectivity index is 1.54. The van der Waals surface area contributed by atoms with E-state index in [0.717, 1.165) is 12.1 Å². The molecule has 0 radical (unpaired) electrons. The molecule has 6 nitrogen and oxygen atoms in total. The maximum absolute atomic E-state index is 13.6. The zero-order valence-electron chi connectivity index (χ0n) is 12.8. The zero-order valence-corrected chi connectivity index (χ0v) is 12.8. The number of amides is 2. The summed E-state index contributed by atoms with van der Waals surface area (Å²) in [7, 11) is 0. The number of carbonyl (C=O) groups excluding carboxylic acids is 1. The van der Waals surface area contributed by atoms with E-state index in [1.54, 1.807) is 18.3 Å². The number of carbonyl (C=O) groups is 1. The van der Waals surface area contributed by atoms with Crippen LogP contribution in [0.15, 0.2) is 36.5 Å². The SMILES string of the molecule is O=C(Nc1c(F)cccc1F)N1CCC(Oc2cccnn2)CC1. The molecule has 1 aliphatic rings. The van der Waals surface area contributed by atoms with Crippen molar-refractivity contribution in [3.63, 3.8) is 0 Å². The summed E-state index contributed by atoms with van der Waals surface area (Å²) in [5, 5.41) is 9.88. The van der Waals surface area contributed by atoms with Crippen LogP contribution in [0.3, 0.4) is 0 Å². The van der Waals surface area contributed by atoms with Gasteiger partial charge in [-0.15, -0.1) is 5.10 Å². The number of halogens is 2. The molecule has 8 heteroatoms. The van der Waals surface area contributed by atoms with Crippen LogP contribution >= 0.6 is 0 Å². The predicted octanol–water partition coefficient (Wildman–Crippen LogP) is 2.83. The number of anilines is 1. The first-order valence-electron chi connectivity index (χ1n) is 7.58. The van der Waals surface area contributed by atoms with Crippen LogP contribution < -0.4 is 10.1 Å². The molecule has 3 rings (SSSR count). The second kappa shape index (κ2) is 7.20. The van der Waals surface area contributed by atoms with Gasteiger partial charge in [-0.3, -0.25) is 0 Å². The van der Waals surface area contributed by atoms with Crippen LogP contribution in [0.4, 0.5) is 19.3 Å². The minimum Gasteiger partial charge on any atom is -0.473 e. The lowest BCUT2D eigenvalue weighted by atomic mass is 10.1. The van der Waals surface area contributed by atoms with Gasteiger partial charge < -0.3 is 15.0 Å². The van der Waals surface area contributed by atoms with E-state index in [-0.39, 0.29) is 6.10 Å². The number of benzene rings is 1. The molecule has 0 saturated carbocycles. The number of ether oxygens (including phenoxy) is 1. The summed E-state index contributed by atoms with van der Waals surface area (Å²) in [4.78, 5) is 13.7. The lowest BCUT2D eigenvalue weighted by Gasteiger charge is -2.31. The highest BCUT2D eigenvalue weighted by atomic mass is 19.1. The number of aromatic nitrogens is 2. The van der Waals surface area contributed by atoms with Gasteiger partial charge in [0.15, 0.2) is 0 Å². The highest BCUT2D eigenvalue weighted by molar-refractivity contribution is 5.89. The van der Waals surface area contributed by atoms with Crippen molar-refractivity contribution in [2.45, 2.75) is 18.9 Å². The van der Waals surface area contributed by atoms with Gasteiger partial charge in [0.25, 0.3) is 0 Å². The molecule has 1 N–H and O–H groups in total. The van der Waals surface area contributed by atoms with Gasteiger partial charge in [0.05, 0.1) is 0 Å². The summed E-state index contributed by atoms with van der Waals surface area (Å²) in [6.45, 7) is 0.847. The van der Waals surface area contributed by atoms with Gasteiger partial charge in [-0.05, 0) is 18.2 Å². The van der Waals surface area contributed by atoms with E-state index >= 15 is 0 Å². The van der Waals surface area contributed by atoms with E-state index in [9.17, 15) is 13.6 Å². The topological polar surface area (TPSA) is 67.4 Å². The number of hydrogen-bond donors (Lipinski definition) is 1. The Kier molecular flexibility index (Phi) is 4.83. The standard InChI is InChI=1S/C16H16F2N4O2/c17-12-3-1-4-13(18)15(12)20-16(23)22-9-6-11(7-10-22)24-14-5-2-8-19-21-14/h1-5,8,11H,6-7,9-10H2,(H,20,23). The molecule has 1 aliphatic heterocycles. The minimum absolute atomic E-state index is 0.0732. The van der Waals surface area contributed by atoms with Gasteiger partial charge in [-0.2, -0.15) is 5.10 Å². The first-order valence-corrected chi connectivity index (χ1v) is 7.58. The van der Waals surface area contributed by atoms with Gasteiger partial charge in [0, 0.05) is 38.2 Å². The number of hydrogen-bond acceptors (Lipinski definition) is 4. The normalized spacial score (nSPS) is 15.2. The third kappa shape index (κ3) is 3.76. The summed E-state index contributed by atoms with van der Waals surface area (Å²) in [6.07, 6.45) is 2.69. The van der Waals surface area contributed by atoms with Crippen LogP contribution in [0, 0.1) is 11.6 Å². The van der Waals surface area contributed by atoms with E-state index in [1.807, 2.05) is 0 Å². The second-order valence-electron chi connectivity index (χ2n) is 5.39. The molecule has 1 aromatic heterocycles. The number of para-hydroxylation sites is 1. The average molecular weight is 334 g/mol. The van der Waals surface area contributed by atoms with Gasteiger partial charge in [0.1, 0.15) is 23.4 Å². The van der Waals surface area contributed by atoms with Crippen LogP contribution in [0.2, 0.25) is 0 Å². The van der Waals surface area contributed by atoms with Crippen LogP contribution in [0.1, 0.15) is 12.8 Å². The Morgan fingerprint density at radius 1 is 1.17 bits per heavy atom. The molecule has 2 amide bonds. The Morgan fingerprint density at radius 2 is 1.88 bits per heavy atom. The number of likely N-dealkylation sites (tertiary alicyclic amines) is 1. The largest absolute Gasteiger partial charge is 0.473 e. The predicted molar refractivity (Wildman–Crippen MR) is 82.6 cm³/mol. The highest BCUT2D eigenvalue weighted by Gasteiger charge is 2.25. The Morgan fingerprint density at radius 3 is 2.50 bits per heavy atom. The van der Waals surface area contributed by atoms with Crippen molar-refractivity contribution in [2.75, 3.05) is 18.4 Å². The monoisotopic (exact) mass is 334 g/mol. The Hall–Kier alpha value is -2.77. The molecular weight excluding hydrogens is 318 g/mol. The van der Waals surface area contributed by atoms with Crippen molar-refractivity contribution in [3.8, 4) is 5.88 Å². The van der Waals surface area contributed by atoms with Crippen LogP contribution in [-0.2, 0) is 0 Å². The average Bonchev–Trinajstić information content (AvgIpc) is 2.60. The summed E-state index contributed by atoms with van der Waals surface area (Å²) in [5.74, 6) is -1.16. The first kappa shape index (κ1) is 16.1. The van der Waals surface area contributed by atoms with Crippen LogP contribution in [0.5, 0.6) is 5.88 Å². The molecule has 0 spiro atoms. The molecule has 126 valence electrons. The van der Waals surface area contributed by atoms with Crippen LogP contribution in [-0.4, -0.2) is 40.3 Å². The van der Waals surface area contributed by atoms with Crippen molar-refractivity contribution in [1.82, 2.24) is 15.1 Å². The van der Waals surface area contributed by atoms with Crippen LogP contribution in [0.25, 0.3) is 0 Å². The number of piperidine rings is 1. The van der Waals surface area contributed by atoms with Crippen molar-refractivity contribution in [2.24, 2.45) is 0 Å². The molecular formula is C16H16F2N4O2. The van der Waals surface area contributed by atoms with Gasteiger partial charge in [-0.1, -0.05) is 6.07 Å². The van der Waals surface area contributed by atoms with E-state index < -0.39 is 23.4 Å². The molecule has 2 aromatic rings. The van der Waals surface area contributed by atoms with E-state index in [1.165, 1.54) is 11.0 Å². The summed E-state index contributed by atoms with van der Waals surface area (Å²) >= 11 is 0. The third-order valence-electron chi connectivity index (χ3n) is 3.76. The Bertz CT molecular complexity index is 686. The third-order valence-corrected chi connectivity index (χ3v) is 3.76. The van der Waals surface area contributed by atoms with Crippen molar-refractivity contribution < 1.29 is 18.3 Å². The smallest absolute Gasteiger partial charge is 0.322 e. The lowest BCUT2D eigenvalue weighted by molar-refractivity contribution is 0.110. The van der Waals surface area contributed by atoms with Gasteiger partial charge in [0.2, 0.25) is 5.88 Å². The Labute approximate surface area is 137 Å². The first-order chi connectivity index (χ1) is 11.6. The van der Waals surface area contributed by atoms with E-state index in [2.05, 4.69) is 15.5 Å². The maximum atomic E-state index is 13.6. The summed E-state index contributed by atoms with van der Waals surface area (Å²) in [5.41, 5.74) is -0.430.